The van der Waals surface area contributed by atoms with Gasteiger partial charge in [0.25, 0.3) is 0 Å². The Bertz CT molecular complexity index is 707. The average molecular weight is 300 g/mol. The van der Waals surface area contributed by atoms with E-state index in [9.17, 15) is 9.18 Å². The molecule has 0 bridgehead atoms. The van der Waals surface area contributed by atoms with Crippen molar-refractivity contribution in [3.05, 3.63) is 71.6 Å². The fraction of sp³-hybridized carbons (Fsp3) is 0.167. The van der Waals surface area contributed by atoms with E-state index in [4.69, 9.17) is 9.84 Å². The molecule has 1 aliphatic heterocycles. The second-order valence-electron chi connectivity index (χ2n) is 5.00. The number of fused-ring (bicyclic) bond motifs is 1. The zero-order valence-electron chi connectivity index (χ0n) is 12.5. The Hall–Kier alpha value is -2.62. The van der Waals surface area contributed by atoms with Crippen molar-refractivity contribution in [2.45, 2.75) is 20.0 Å². The number of hydrogen-bond acceptors (Lipinski definition) is 2. The third kappa shape index (κ3) is 3.34. The van der Waals surface area contributed by atoms with Crippen molar-refractivity contribution in [1.29, 1.82) is 0 Å². The summed E-state index contributed by atoms with van der Waals surface area (Å²) in [4.78, 5) is 11.2. The molecule has 0 saturated carbocycles. The number of halogens is 1. The Labute approximate surface area is 128 Å². The maximum Gasteiger partial charge on any atom is 0.335 e. The van der Waals surface area contributed by atoms with E-state index in [0.717, 1.165) is 5.57 Å². The van der Waals surface area contributed by atoms with E-state index in [1.807, 2.05) is 13.0 Å². The third-order valence-electron chi connectivity index (χ3n) is 3.25. The second-order valence-corrected chi connectivity index (χ2v) is 5.00. The van der Waals surface area contributed by atoms with Gasteiger partial charge in [0.05, 0.1) is 11.4 Å². The molecule has 1 unspecified atom stereocenters. The summed E-state index contributed by atoms with van der Waals surface area (Å²) in [6.07, 6.45) is 6.27. The van der Waals surface area contributed by atoms with Crippen LogP contribution in [0.5, 0.6) is 5.75 Å². The first-order valence-electron chi connectivity index (χ1n) is 6.85. The zero-order valence-corrected chi connectivity index (χ0v) is 12.5. The summed E-state index contributed by atoms with van der Waals surface area (Å²) < 4.78 is 18.7. The molecule has 1 aromatic rings. The van der Waals surface area contributed by atoms with Crippen LogP contribution in [0.1, 0.15) is 29.8 Å². The summed E-state index contributed by atoms with van der Waals surface area (Å²) >= 11 is 0. The highest BCUT2D eigenvalue weighted by Crippen LogP contribution is 2.37. The summed E-state index contributed by atoms with van der Waals surface area (Å²) in [5.74, 6) is -0.729. The molecule has 0 saturated heterocycles. The van der Waals surface area contributed by atoms with Gasteiger partial charge in [-0.2, -0.15) is 0 Å². The van der Waals surface area contributed by atoms with Crippen LogP contribution in [-0.4, -0.2) is 17.2 Å². The van der Waals surface area contributed by atoms with Crippen LogP contribution >= 0.6 is 0 Å². The summed E-state index contributed by atoms with van der Waals surface area (Å²) in [5, 5.41) is 9.14. The highest BCUT2D eigenvalue weighted by Gasteiger charge is 2.21. The van der Waals surface area contributed by atoms with Gasteiger partial charge >= 0.3 is 5.97 Å². The summed E-state index contributed by atoms with van der Waals surface area (Å²) in [6, 6.07) is 4.69. The predicted molar refractivity (Wildman–Crippen MR) is 84.6 cm³/mol. The van der Waals surface area contributed by atoms with E-state index in [0.29, 0.717) is 16.9 Å². The molecule has 3 nitrogen and oxygen atoms in total. The molecule has 0 radical (unpaired) electrons. The standard InChI is InChI=1S/C18H17FO3/c1-4-13(6-5-11(2)19)15-9-12(3)22-17-8-7-14(18(20)21)10-16(15)17/h4-10,12H,1H2,2-3H3,(H,20,21)/b11-5+,13-6+. The van der Waals surface area contributed by atoms with Crippen LogP contribution in [0.15, 0.2) is 60.5 Å². The molecule has 0 amide bonds. The van der Waals surface area contributed by atoms with E-state index in [2.05, 4.69) is 6.58 Å². The van der Waals surface area contributed by atoms with Gasteiger partial charge < -0.3 is 9.84 Å². The third-order valence-corrected chi connectivity index (χ3v) is 3.25. The monoisotopic (exact) mass is 300 g/mol. The molecule has 2 rings (SSSR count). The fourth-order valence-electron chi connectivity index (χ4n) is 2.26. The average Bonchev–Trinajstić information content (AvgIpc) is 2.46. The highest BCUT2D eigenvalue weighted by molar-refractivity contribution is 5.92. The van der Waals surface area contributed by atoms with Crippen LogP contribution in [0.4, 0.5) is 4.39 Å². The minimum absolute atomic E-state index is 0.169. The molecule has 1 aromatic carbocycles. The highest BCUT2D eigenvalue weighted by atomic mass is 19.1. The molecule has 4 heteroatoms. The molecule has 22 heavy (non-hydrogen) atoms. The van der Waals surface area contributed by atoms with Gasteiger partial charge in [0.1, 0.15) is 11.9 Å². The lowest BCUT2D eigenvalue weighted by Gasteiger charge is -2.24. The number of carboxylic acid groups (broad SMARTS) is 1. The van der Waals surface area contributed by atoms with Gasteiger partial charge in [-0.15, -0.1) is 0 Å². The van der Waals surface area contributed by atoms with Crippen molar-refractivity contribution < 1.29 is 19.0 Å². The van der Waals surface area contributed by atoms with Crippen molar-refractivity contribution in [2.24, 2.45) is 0 Å². The maximum atomic E-state index is 13.0. The largest absolute Gasteiger partial charge is 0.486 e. The molecule has 0 fully saturated rings. The fourth-order valence-corrected chi connectivity index (χ4v) is 2.26. The molecule has 1 heterocycles. The van der Waals surface area contributed by atoms with Crippen LogP contribution in [0.3, 0.4) is 0 Å². The van der Waals surface area contributed by atoms with Gasteiger partial charge in [-0.1, -0.05) is 18.7 Å². The molecule has 0 aromatic heterocycles. The second kappa shape index (κ2) is 6.43. The molecular formula is C18H17FO3. The van der Waals surface area contributed by atoms with Crippen molar-refractivity contribution in [2.75, 3.05) is 0 Å². The van der Waals surface area contributed by atoms with Crippen LogP contribution in [0.25, 0.3) is 5.57 Å². The number of aromatic carboxylic acids is 1. The predicted octanol–water partition coefficient (Wildman–Crippen LogP) is 4.53. The number of rotatable bonds is 4. The van der Waals surface area contributed by atoms with Gasteiger partial charge in [-0.3, -0.25) is 0 Å². The Morgan fingerprint density at radius 3 is 2.73 bits per heavy atom. The van der Waals surface area contributed by atoms with Crippen LogP contribution in [0.2, 0.25) is 0 Å². The molecule has 1 atom stereocenters. The van der Waals surface area contributed by atoms with Gasteiger partial charge in [0, 0.05) is 5.56 Å². The van der Waals surface area contributed by atoms with E-state index >= 15 is 0 Å². The number of carbonyl (C=O) groups is 1. The van der Waals surface area contributed by atoms with Gasteiger partial charge in [-0.25, -0.2) is 9.18 Å². The SMILES string of the molecule is C=C/C(=C\C=C(/C)F)C1=CC(C)Oc2ccc(C(=O)O)cc21. The van der Waals surface area contributed by atoms with E-state index in [-0.39, 0.29) is 17.5 Å². The first-order chi connectivity index (χ1) is 10.4. The Balaban J connectivity index is 2.58. The van der Waals surface area contributed by atoms with Crippen molar-refractivity contribution in [3.8, 4) is 5.75 Å². The Kier molecular flexibility index (Phi) is 4.61. The number of ether oxygens (including phenoxy) is 1. The minimum Gasteiger partial charge on any atom is -0.486 e. The van der Waals surface area contributed by atoms with E-state index < -0.39 is 5.97 Å². The number of benzene rings is 1. The van der Waals surface area contributed by atoms with Crippen LogP contribution in [0, 0.1) is 0 Å². The van der Waals surface area contributed by atoms with Gasteiger partial charge in [0.2, 0.25) is 0 Å². The molecule has 0 aliphatic carbocycles. The number of hydrogen-bond donors (Lipinski definition) is 1. The van der Waals surface area contributed by atoms with Gasteiger partial charge in [0.15, 0.2) is 0 Å². The molecular weight excluding hydrogens is 283 g/mol. The van der Waals surface area contributed by atoms with Crippen molar-refractivity contribution >= 4 is 11.5 Å². The Morgan fingerprint density at radius 1 is 1.41 bits per heavy atom. The lowest BCUT2D eigenvalue weighted by Crippen LogP contribution is -2.16. The quantitative estimate of drug-likeness (QED) is 0.831. The number of carboxylic acids is 1. The van der Waals surface area contributed by atoms with Crippen LogP contribution < -0.4 is 4.74 Å². The zero-order chi connectivity index (χ0) is 16.3. The molecule has 0 spiro atoms. The van der Waals surface area contributed by atoms with E-state index in [1.54, 1.807) is 24.3 Å². The lowest BCUT2D eigenvalue weighted by atomic mass is 9.92. The lowest BCUT2D eigenvalue weighted by molar-refractivity contribution is 0.0697. The maximum absolute atomic E-state index is 13.0. The topological polar surface area (TPSA) is 46.5 Å². The minimum atomic E-state index is -1.01. The van der Waals surface area contributed by atoms with E-state index in [1.165, 1.54) is 19.1 Å². The first kappa shape index (κ1) is 15.8. The van der Waals surface area contributed by atoms with Crippen molar-refractivity contribution in [1.82, 2.24) is 0 Å². The molecule has 1 aliphatic rings. The number of allylic oxidation sites excluding steroid dienone is 6. The summed E-state index contributed by atoms with van der Waals surface area (Å²) in [6.45, 7) is 6.99. The first-order valence-corrected chi connectivity index (χ1v) is 6.85. The normalized spacial score (nSPS) is 18.1. The smallest absolute Gasteiger partial charge is 0.335 e. The van der Waals surface area contributed by atoms with Gasteiger partial charge in [-0.05, 0) is 55.3 Å². The summed E-state index contributed by atoms with van der Waals surface area (Å²) in [5.41, 5.74) is 2.32. The Morgan fingerprint density at radius 2 is 2.14 bits per heavy atom. The molecule has 1 N–H and O–H groups in total. The van der Waals surface area contributed by atoms with Crippen molar-refractivity contribution in [3.63, 3.8) is 0 Å². The summed E-state index contributed by atoms with van der Waals surface area (Å²) in [7, 11) is 0. The molecule has 114 valence electrons. The van der Waals surface area contributed by atoms with Crippen LogP contribution in [-0.2, 0) is 0 Å².